The third kappa shape index (κ3) is 4.91. The number of aromatic nitrogens is 2. The van der Waals surface area contributed by atoms with E-state index in [0.717, 1.165) is 8.99 Å². The van der Waals surface area contributed by atoms with Crippen LogP contribution in [0.3, 0.4) is 0 Å². The molecule has 0 saturated carbocycles. The van der Waals surface area contributed by atoms with Crippen molar-refractivity contribution in [3.63, 3.8) is 0 Å². The zero-order valence-corrected chi connectivity index (χ0v) is 19.6. The largest absolute Gasteiger partial charge is 0.416 e. The summed E-state index contributed by atoms with van der Waals surface area (Å²) in [5.41, 5.74) is -1.95. The van der Waals surface area contributed by atoms with Gasteiger partial charge < -0.3 is 4.90 Å². The maximum Gasteiger partial charge on any atom is 0.416 e. The van der Waals surface area contributed by atoms with E-state index in [4.69, 9.17) is 23.2 Å². The van der Waals surface area contributed by atoms with Crippen LogP contribution in [0.1, 0.15) is 16.8 Å². The molecule has 0 amide bonds. The van der Waals surface area contributed by atoms with Crippen LogP contribution in [0.2, 0.25) is 10.0 Å². The van der Waals surface area contributed by atoms with Crippen LogP contribution >= 0.6 is 23.2 Å². The molecule has 0 unspecified atom stereocenters. The molecule has 8 nitrogen and oxygen atoms in total. The first-order chi connectivity index (χ1) is 14.6. The lowest BCUT2D eigenvalue weighted by Crippen LogP contribution is -2.22. The van der Waals surface area contributed by atoms with Crippen molar-refractivity contribution >= 4 is 50.3 Å². The van der Waals surface area contributed by atoms with Crippen LogP contribution < -0.4 is 0 Å². The van der Waals surface area contributed by atoms with Crippen LogP contribution in [0, 0.1) is 11.3 Å². The van der Waals surface area contributed by atoms with Gasteiger partial charge in [-0.2, -0.15) is 23.5 Å². The lowest BCUT2D eigenvalue weighted by Gasteiger charge is -2.15. The van der Waals surface area contributed by atoms with Crippen molar-refractivity contribution in [2.24, 2.45) is 4.99 Å². The number of nitriles is 1. The van der Waals surface area contributed by atoms with E-state index in [1.807, 2.05) is 0 Å². The van der Waals surface area contributed by atoms with Crippen molar-refractivity contribution in [3.05, 3.63) is 45.6 Å². The summed E-state index contributed by atoms with van der Waals surface area (Å²) in [5, 5.41) is 12.7. The van der Waals surface area contributed by atoms with Gasteiger partial charge in [-0.3, -0.25) is 0 Å². The van der Waals surface area contributed by atoms with E-state index in [9.17, 15) is 26.9 Å². The normalized spacial score (nSPS) is 12.4. The van der Waals surface area contributed by atoms with Gasteiger partial charge in [-0.1, -0.05) is 29.8 Å². The van der Waals surface area contributed by atoms with E-state index < -0.39 is 42.4 Å². The fourth-order valence-electron chi connectivity index (χ4n) is 2.47. The second kappa shape index (κ2) is 9.11. The highest BCUT2D eigenvalue weighted by atomic mass is 35.5. The standard InChI is InChI=1S/C18H17Cl2F3N6O2S/c1-10(32(30,31)28(4)5)15-14(8-24)26-29(17(15)25-9-27(2)3)16-12(19)6-11(7-13(16)20)18(21,22)23/h6-7,9H,1H2,2-5H3. The van der Waals surface area contributed by atoms with E-state index in [2.05, 4.69) is 16.7 Å². The Morgan fingerprint density at radius 3 is 2.19 bits per heavy atom. The second-order valence-corrected chi connectivity index (χ2v) is 9.76. The molecule has 0 saturated heterocycles. The summed E-state index contributed by atoms with van der Waals surface area (Å²) in [4.78, 5) is 5.18. The Bertz CT molecular complexity index is 1220. The van der Waals surface area contributed by atoms with Gasteiger partial charge in [0.2, 0.25) is 10.0 Å². The fraction of sp³-hybridized carbons (Fsp3) is 0.278. The van der Waals surface area contributed by atoms with Crippen LogP contribution in [0.4, 0.5) is 19.0 Å². The first kappa shape index (κ1) is 25.7. The molecule has 0 radical (unpaired) electrons. The quantitative estimate of drug-likeness (QED) is 0.431. The van der Waals surface area contributed by atoms with Gasteiger partial charge in [-0.25, -0.2) is 22.4 Å². The highest BCUT2D eigenvalue weighted by Gasteiger charge is 2.34. The number of alkyl halides is 3. The molecule has 0 N–H and O–H groups in total. The lowest BCUT2D eigenvalue weighted by atomic mass is 10.2. The summed E-state index contributed by atoms with van der Waals surface area (Å²) < 4.78 is 66.5. The minimum atomic E-state index is -4.71. The van der Waals surface area contributed by atoms with Crippen LogP contribution in [-0.2, 0) is 16.2 Å². The van der Waals surface area contributed by atoms with Crippen LogP contribution in [-0.4, -0.2) is 61.9 Å². The molecule has 1 aromatic heterocycles. The molecule has 0 atom stereocenters. The van der Waals surface area contributed by atoms with Crippen molar-refractivity contribution in [1.82, 2.24) is 19.0 Å². The summed E-state index contributed by atoms with van der Waals surface area (Å²) in [5.74, 6) is -0.214. The van der Waals surface area contributed by atoms with E-state index in [0.29, 0.717) is 12.1 Å². The SMILES string of the molecule is C=C(c1c(C#N)nn(-c2c(Cl)cc(C(F)(F)F)cc2Cl)c1N=CN(C)C)S(=O)(=O)N(C)C. The second-order valence-electron chi connectivity index (χ2n) is 6.78. The van der Waals surface area contributed by atoms with E-state index in [-0.39, 0.29) is 17.1 Å². The number of hydrogen-bond donors (Lipinski definition) is 0. The Morgan fingerprint density at radius 2 is 1.78 bits per heavy atom. The smallest absolute Gasteiger partial charge is 0.369 e. The van der Waals surface area contributed by atoms with Gasteiger partial charge in [0.1, 0.15) is 11.8 Å². The van der Waals surface area contributed by atoms with Crippen molar-refractivity contribution in [1.29, 1.82) is 5.26 Å². The maximum absolute atomic E-state index is 13.1. The molecule has 0 bridgehead atoms. The number of nitrogens with zero attached hydrogens (tertiary/aromatic N) is 6. The monoisotopic (exact) mass is 508 g/mol. The highest BCUT2D eigenvalue weighted by molar-refractivity contribution is 7.98. The molecule has 2 aromatic rings. The number of aliphatic imine (C=N–C) groups is 1. The minimum absolute atomic E-state index is 0.214. The Hall–Kier alpha value is -2.59. The average molecular weight is 509 g/mol. The van der Waals surface area contributed by atoms with Crippen LogP contribution in [0.25, 0.3) is 10.6 Å². The van der Waals surface area contributed by atoms with Crippen molar-refractivity contribution in [3.8, 4) is 11.8 Å². The molecule has 172 valence electrons. The Balaban J connectivity index is 2.94. The highest BCUT2D eigenvalue weighted by Crippen LogP contribution is 2.41. The number of rotatable bonds is 6. The van der Waals surface area contributed by atoms with Gasteiger partial charge in [0.25, 0.3) is 0 Å². The van der Waals surface area contributed by atoms with E-state index >= 15 is 0 Å². The fourth-order valence-corrected chi connectivity index (χ4v) is 4.00. The van der Waals surface area contributed by atoms with Gasteiger partial charge in [0.15, 0.2) is 11.5 Å². The third-order valence-corrected chi connectivity index (χ3v) is 6.37. The number of benzene rings is 1. The summed E-state index contributed by atoms with van der Waals surface area (Å²) in [7, 11) is 1.67. The minimum Gasteiger partial charge on any atom is -0.369 e. The summed E-state index contributed by atoms with van der Waals surface area (Å²) in [6, 6.07) is 3.03. The Kier molecular flexibility index (Phi) is 7.31. The molecule has 0 fully saturated rings. The Morgan fingerprint density at radius 1 is 1.25 bits per heavy atom. The zero-order chi connectivity index (χ0) is 24.6. The van der Waals surface area contributed by atoms with Crippen molar-refractivity contribution in [2.75, 3.05) is 28.2 Å². The summed E-state index contributed by atoms with van der Waals surface area (Å²) in [6.07, 6.45) is -3.43. The summed E-state index contributed by atoms with van der Waals surface area (Å²) >= 11 is 12.2. The first-order valence-electron chi connectivity index (χ1n) is 8.55. The predicted octanol–water partition coefficient (Wildman–Crippen LogP) is 4.15. The first-order valence-corrected chi connectivity index (χ1v) is 10.7. The molecule has 0 aliphatic carbocycles. The zero-order valence-electron chi connectivity index (χ0n) is 17.2. The predicted molar refractivity (Wildman–Crippen MR) is 117 cm³/mol. The molecular weight excluding hydrogens is 492 g/mol. The van der Waals surface area contributed by atoms with Gasteiger partial charge in [0, 0.05) is 28.2 Å². The maximum atomic E-state index is 13.1. The molecule has 2 rings (SSSR count). The molecule has 0 aliphatic rings. The molecule has 32 heavy (non-hydrogen) atoms. The average Bonchev–Trinajstić information content (AvgIpc) is 3.02. The van der Waals surface area contributed by atoms with Gasteiger partial charge in [0.05, 0.1) is 32.4 Å². The topological polar surface area (TPSA) is 94.6 Å². The number of sulfonamides is 1. The van der Waals surface area contributed by atoms with Crippen molar-refractivity contribution < 1.29 is 21.6 Å². The van der Waals surface area contributed by atoms with Gasteiger partial charge in [-0.15, -0.1) is 0 Å². The van der Waals surface area contributed by atoms with Crippen LogP contribution in [0.5, 0.6) is 0 Å². The molecule has 1 aromatic carbocycles. The summed E-state index contributed by atoms with van der Waals surface area (Å²) in [6.45, 7) is 3.58. The number of hydrogen-bond acceptors (Lipinski definition) is 5. The molecule has 1 heterocycles. The van der Waals surface area contributed by atoms with Crippen LogP contribution in [0.15, 0.2) is 23.7 Å². The molecular formula is C18H17Cl2F3N6O2S. The van der Waals surface area contributed by atoms with Gasteiger partial charge in [-0.05, 0) is 12.1 Å². The van der Waals surface area contributed by atoms with E-state index in [1.165, 1.54) is 25.3 Å². The van der Waals surface area contributed by atoms with E-state index in [1.54, 1.807) is 20.2 Å². The molecule has 14 heteroatoms. The lowest BCUT2D eigenvalue weighted by molar-refractivity contribution is -0.137. The number of halogens is 5. The Labute approximate surface area is 192 Å². The van der Waals surface area contributed by atoms with Gasteiger partial charge >= 0.3 is 6.18 Å². The molecule has 0 spiro atoms. The third-order valence-electron chi connectivity index (χ3n) is 4.00. The molecule has 0 aliphatic heterocycles. The van der Waals surface area contributed by atoms with Crippen molar-refractivity contribution in [2.45, 2.75) is 6.18 Å².